The first kappa shape index (κ1) is 13.4. The molecule has 0 heterocycles. The maximum atomic E-state index is 10.6. The maximum absolute atomic E-state index is 10.6. The van der Waals surface area contributed by atoms with Crippen LogP contribution >= 0.6 is 0 Å². The molecule has 0 saturated heterocycles. The predicted octanol–water partition coefficient (Wildman–Crippen LogP) is 1.42. The van der Waals surface area contributed by atoms with Gasteiger partial charge in [0.05, 0.1) is 13.0 Å². The van der Waals surface area contributed by atoms with Crippen LogP contribution in [0, 0.1) is 0 Å². The fraction of sp³-hybridized carbons (Fsp3) is 0.900. The van der Waals surface area contributed by atoms with Crippen molar-refractivity contribution >= 4 is 5.97 Å². The second-order valence-electron chi connectivity index (χ2n) is 3.57. The molecule has 0 spiro atoms. The summed E-state index contributed by atoms with van der Waals surface area (Å²) in [5.41, 5.74) is -0.888. The Morgan fingerprint density at radius 1 is 1.43 bits per heavy atom. The van der Waals surface area contributed by atoms with Gasteiger partial charge in [0.2, 0.25) is 0 Å². The lowest BCUT2D eigenvalue weighted by atomic mass is 9.93. The van der Waals surface area contributed by atoms with Crippen LogP contribution in [-0.4, -0.2) is 35.5 Å². The zero-order valence-electron chi connectivity index (χ0n) is 8.95. The minimum atomic E-state index is -0.933. The van der Waals surface area contributed by atoms with Crippen molar-refractivity contribution in [3.05, 3.63) is 0 Å². The average molecular weight is 204 g/mol. The van der Waals surface area contributed by atoms with E-state index in [0.717, 1.165) is 19.3 Å². The van der Waals surface area contributed by atoms with E-state index in [1.807, 2.05) is 0 Å². The largest absolute Gasteiger partial charge is 0.481 e. The van der Waals surface area contributed by atoms with Crippen molar-refractivity contribution in [1.29, 1.82) is 0 Å². The molecule has 0 radical (unpaired) electrons. The van der Waals surface area contributed by atoms with Gasteiger partial charge in [-0.15, -0.1) is 0 Å². The first-order chi connectivity index (χ1) is 6.60. The molecule has 84 valence electrons. The van der Waals surface area contributed by atoms with E-state index in [9.17, 15) is 4.79 Å². The average Bonchev–Trinajstić information content (AvgIpc) is 2.16. The number of rotatable bonds is 8. The van der Waals surface area contributed by atoms with Gasteiger partial charge in [-0.3, -0.25) is 4.79 Å². The summed E-state index contributed by atoms with van der Waals surface area (Å²) < 4.78 is 5.11. The van der Waals surface area contributed by atoms with Crippen LogP contribution in [-0.2, 0) is 9.53 Å². The molecule has 0 aromatic rings. The third-order valence-corrected chi connectivity index (χ3v) is 2.43. The summed E-state index contributed by atoms with van der Waals surface area (Å²) in [6.07, 6.45) is 3.45. The van der Waals surface area contributed by atoms with Crippen LogP contribution in [0.3, 0.4) is 0 Å². The molecule has 14 heavy (non-hydrogen) atoms. The van der Waals surface area contributed by atoms with Gasteiger partial charge in [0.1, 0.15) is 5.60 Å². The molecule has 0 rings (SSSR count). The van der Waals surface area contributed by atoms with Crippen LogP contribution in [0.15, 0.2) is 0 Å². The minimum absolute atomic E-state index is 0.135. The normalized spacial score (nSPS) is 15.1. The van der Waals surface area contributed by atoms with Crippen molar-refractivity contribution in [2.45, 2.75) is 44.6 Å². The molecule has 1 atom stereocenters. The molecular formula is C10H20O4. The molecule has 2 N–H and O–H groups in total. The summed E-state index contributed by atoms with van der Waals surface area (Å²) in [6, 6.07) is 0. The van der Waals surface area contributed by atoms with E-state index < -0.39 is 11.6 Å². The van der Waals surface area contributed by atoms with Crippen molar-refractivity contribution in [1.82, 2.24) is 0 Å². The van der Waals surface area contributed by atoms with Crippen molar-refractivity contribution < 1.29 is 19.7 Å². The summed E-state index contributed by atoms with van der Waals surface area (Å²) in [5, 5.41) is 17.8. The van der Waals surface area contributed by atoms with Crippen molar-refractivity contribution in [3.63, 3.8) is 0 Å². The highest BCUT2D eigenvalue weighted by molar-refractivity contribution is 5.68. The van der Waals surface area contributed by atoms with Crippen LogP contribution in [0.1, 0.15) is 39.0 Å². The van der Waals surface area contributed by atoms with E-state index >= 15 is 0 Å². The van der Waals surface area contributed by atoms with Gasteiger partial charge in [-0.2, -0.15) is 0 Å². The quantitative estimate of drug-likeness (QED) is 0.587. The standard InChI is InChI=1S/C10H20O4/c1-3-4-5-6-10(8-11,14-2)7-9(12)13/h11H,3-8H2,1-2H3,(H,12,13). The zero-order valence-corrected chi connectivity index (χ0v) is 8.95. The molecule has 0 amide bonds. The summed E-state index contributed by atoms with van der Waals surface area (Å²) in [6.45, 7) is 1.84. The Bertz CT molecular complexity index is 164. The van der Waals surface area contributed by atoms with Gasteiger partial charge in [-0.25, -0.2) is 0 Å². The van der Waals surface area contributed by atoms with Crippen LogP contribution in [0.25, 0.3) is 0 Å². The lowest BCUT2D eigenvalue weighted by molar-refractivity contribution is -0.147. The number of hydrogen-bond acceptors (Lipinski definition) is 3. The van der Waals surface area contributed by atoms with Crippen LogP contribution in [0.2, 0.25) is 0 Å². The highest BCUT2D eigenvalue weighted by Crippen LogP contribution is 2.22. The molecule has 4 heteroatoms. The fourth-order valence-electron chi connectivity index (χ4n) is 1.43. The van der Waals surface area contributed by atoms with Gasteiger partial charge >= 0.3 is 5.97 Å². The molecule has 1 unspecified atom stereocenters. The molecule has 0 aromatic heterocycles. The molecule has 0 bridgehead atoms. The molecule has 0 aliphatic rings. The Balaban J connectivity index is 4.14. The number of hydrogen-bond donors (Lipinski definition) is 2. The van der Waals surface area contributed by atoms with Crippen molar-refractivity contribution in [3.8, 4) is 0 Å². The van der Waals surface area contributed by atoms with Crippen LogP contribution in [0.5, 0.6) is 0 Å². The fourth-order valence-corrected chi connectivity index (χ4v) is 1.43. The Labute approximate surface area is 84.9 Å². The molecule has 0 fully saturated rings. The lowest BCUT2D eigenvalue weighted by Gasteiger charge is -2.28. The van der Waals surface area contributed by atoms with E-state index in [4.69, 9.17) is 14.9 Å². The van der Waals surface area contributed by atoms with Gasteiger partial charge in [-0.1, -0.05) is 26.2 Å². The first-order valence-electron chi connectivity index (χ1n) is 4.98. The number of carboxylic acids is 1. The Hall–Kier alpha value is -0.610. The maximum Gasteiger partial charge on any atom is 0.306 e. The van der Waals surface area contributed by atoms with Gasteiger partial charge in [0.25, 0.3) is 0 Å². The van der Waals surface area contributed by atoms with E-state index in [1.165, 1.54) is 7.11 Å². The number of unbranched alkanes of at least 4 members (excludes halogenated alkanes) is 2. The van der Waals surface area contributed by atoms with Gasteiger partial charge in [0.15, 0.2) is 0 Å². The zero-order chi connectivity index (χ0) is 11.0. The molecule has 0 aliphatic carbocycles. The third-order valence-electron chi connectivity index (χ3n) is 2.43. The highest BCUT2D eigenvalue weighted by Gasteiger charge is 2.31. The number of aliphatic hydroxyl groups excluding tert-OH is 1. The highest BCUT2D eigenvalue weighted by atomic mass is 16.5. The van der Waals surface area contributed by atoms with Crippen molar-refractivity contribution in [2.75, 3.05) is 13.7 Å². The van der Waals surface area contributed by atoms with E-state index in [-0.39, 0.29) is 13.0 Å². The monoisotopic (exact) mass is 204 g/mol. The number of aliphatic carboxylic acids is 1. The summed E-state index contributed by atoms with van der Waals surface area (Å²) in [7, 11) is 1.45. The number of carboxylic acid groups (broad SMARTS) is 1. The van der Waals surface area contributed by atoms with E-state index in [0.29, 0.717) is 6.42 Å². The SMILES string of the molecule is CCCCCC(CO)(CC(=O)O)OC. The number of aliphatic hydroxyl groups is 1. The predicted molar refractivity (Wildman–Crippen MR) is 53.2 cm³/mol. The Morgan fingerprint density at radius 2 is 2.07 bits per heavy atom. The van der Waals surface area contributed by atoms with Gasteiger partial charge in [-0.05, 0) is 6.42 Å². The molecular weight excluding hydrogens is 184 g/mol. The number of ether oxygens (including phenoxy) is 1. The second-order valence-corrected chi connectivity index (χ2v) is 3.57. The number of methoxy groups -OCH3 is 1. The Morgan fingerprint density at radius 3 is 2.43 bits per heavy atom. The summed E-state index contributed by atoms with van der Waals surface area (Å²) in [4.78, 5) is 10.6. The topological polar surface area (TPSA) is 66.8 Å². The van der Waals surface area contributed by atoms with E-state index in [1.54, 1.807) is 0 Å². The summed E-state index contributed by atoms with van der Waals surface area (Å²) in [5.74, 6) is -0.933. The summed E-state index contributed by atoms with van der Waals surface area (Å²) >= 11 is 0. The lowest BCUT2D eigenvalue weighted by Crippen LogP contribution is -2.38. The molecule has 0 aromatic carbocycles. The van der Waals surface area contributed by atoms with Crippen molar-refractivity contribution in [2.24, 2.45) is 0 Å². The van der Waals surface area contributed by atoms with Gasteiger partial charge in [0, 0.05) is 7.11 Å². The van der Waals surface area contributed by atoms with Crippen LogP contribution < -0.4 is 0 Å². The molecule has 0 aliphatic heterocycles. The molecule has 4 nitrogen and oxygen atoms in total. The molecule has 0 saturated carbocycles. The van der Waals surface area contributed by atoms with Crippen LogP contribution in [0.4, 0.5) is 0 Å². The first-order valence-corrected chi connectivity index (χ1v) is 4.98. The van der Waals surface area contributed by atoms with E-state index in [2.05, 4.69) is 6.92 Å². The number of carbonyl (C=O) groups is 1. The van der Waals surface area contributed by atoms with Gasteiger partial charge < -0.3 is 14.9 Å². The third kappa shape index (κ3) is 4.58. The Kier molecular flexibility index (Phi) is 6.49. The smallest absolute Gasteiger partial charge is 0.306 e. The minimum Gasteiger partial charge on any atom is -0.481 e. The second kappa shape index (κ2) is 6.79.